The third kappa shape index (κ3) is 4.69. The highest BCUT2D eigenvalue weighted by atomic mass is 79.9. The first-order valence-electron chi connectivity index (χ1n) is 2.18. The topological polar surface area (TPSA) is 55.1 Å². The SMILES string of the molecule is CC(C)(Br)C(=O)NN.Cl. The summed E-state index contributed by atoms with van der Waals surface area (Å²) in [4.78, 5) is 10.6. The first-order chi connectivity index (χ1) is 3.48. The summed E-state index contributed by atoms with van der Waals surface area (Å²) in [6.07, 6.45) is 0. The number of rotatable bonds is 1. The van der Waals surface area contributed by atoms with Gasteiger partial charge in [-0.25, -0.2) is 5.84 Å². The number of amides is 1. The van der Waals surface area contributed by atoms with Gasteiger partial charge in [0.1, 0.15) is 0 Å². The molecule has 5 heteroatoms. The quantitative estimate of drug-likeness (QED) is 0.292. The number of hydrogen-bond acceptors (Lipinski definition) is 2. The predicted molar refractivity (Wildman–Crippen MR) is 42.6 cm³/mol. The molecular formula is C4H10BrClN2O. The van der Waals surface area contributed by atoms with Crippen LogP contribution in [0.2, 0.25) is 0 Å². The van der Waals surface area contributed by atoms with E-state index in [4.69, 9.17) is 5.84 Å². The second kappa shape index (κ2) is 4.09. The Hall–Kier alpha value is 0.200. The lowest BCUT2D eigenvalue weighted by molar-refractivity contribution is -0.122. The zero-order chi connectivity index (χ0) is 6.78. The van der Waals surface area contributed by atoms with Gasteiger partial charge in [0.2, 0.25) is 5.91 Å². The van der Waals surface area contributed by atoms with E-state index in [0.717, 1.165) is 0 Å². The fourth-order valence-electron chi connectivity index (χ4n) is 0.172. The van der Waals surface area contributed by atoms with Crippen molar-refractivity contribution in [3.05, 3.63) is 0 Å². The van der Waals surface area contributed by atoms with E-state index >= 15 is 0 Å². The van der Waals surface area contributed by atoms with Crippen molar-refractivity contribution in [2.24, 2.45) is 5.84 Å². The van der Waals surface area contributed by atoms with E-state index in [2.05, 4.69) is 15.9 Å². The summed E-state index contributed by atoms with van der Waals surface area (Å²) in [5.74, 6) is 4.60. The summed E-state index contributed by atoms with van der Waals surface area (Å²) in [6, 6.07) is 0. The molecule has 0 spiro atoms. The highest BCUT2D eigenvalue weighted by molar-refractivity contribution is 9.10. The van der Waals surface area contributed by atoms with Crippen molar-refractivity contribution in [1.29, 1.82) is 0 Å². The molecule has 0 aliphatic heterocycles. The molecule has 0 aliphatic carbocycles. The van der Waals surface area contributed by atoms with Gasteiger partial charge in [-0.2, -0.15) is 0 Å². The summed E-state index contributed by atoms with van der Waals surface area (Å²) in [7, 11) is 0. The van der Waals surface area contributed by atoms with Gasteiger partial charge >= 0.3 is 0 Å². The zero-order valence-electron chi connectivity index (χ0n) is 5.27. The van der Waals surface area contributed by atoms with Gasteiger partial charge < -0.3 is 0 Å². The van der Waals surface area contributed by atoms with E-state index in [1.54, 1.807) is 13.8 Å². The molecule has 9 heavy (non-hydrogen) atoms. The molecule has 0 aromatic rings. The van der Waals surface area contributed by atoms with Crippen molar-refractivity contribution in [2.45, 2.75) is 18.2 Å². The highest BCUT2D eigenvalue weighted by Gasteiger charge is 2.21. The molecule has 3 nitrogen and oxygen atoms in total. The summed E-state index contributed by atoms with van der Waals surface area (Å²) < 4.78 is -0.554. The number of carbonyl (C=O) groups is 1. The van der Waals surface area contributed by atoms with Crippen LogP contribution in [-0.2, 0) is 4.79 Å². The van der Waals surface area contributed by atoms with E-state index in [9.17, 15) is 4.79 Å². The van der Waals surface area contributed by atoms with Gasteiger partial charge in [0.15, 0.2) is 0 Å². The average Bonchev–Trinajstić information content (AvgIpc) is 1.62. The van der Waals surface area contributed by atoms with E-state index in [1.165, 1.54) is 0 Å². The molecule has 56 valence electrons. The van der Waals surface area contributed by atoms with Crippen LogP contribution in [-0.4, -0.2) is 10.2 Å². The number of alkyl halides is 1. The Kier molecular flexibility index (Phi) is 5.42. The van der Waals surface area contributed by atoms with Gasteiger partial charge in [-0.15, -0.1) is 12.4 Å². The Morgan fingerprint density at radius 3 is 2.00 bits per heavy atom. The van der Waals surface area contributed by atoms with Crippen molar-refractivity contribution in [1.82, 2.24) is 5.43 Å². The third-order valence-corrected chi connectivity index (χ3v) is 1.03. The predicted octanol–water partition coefficient (Wildman–Crippen LogP) is 0.572. The maximum absolute atomic E-state index is 10.6. The first-order valence-corrected chi connectivity index (χ1v) is 2.97. The summed E-state index contributed by atoms with van der Waals surface area (Å²) in [5.41, 5.74) is 2.02. The van der Waals surface area contributed by atoms with Crippen molar-refractivity contribution in [3.8, 4) is 0 Å². The molecule has 0 fully saturated rings. The Balaban J connectivity index is 0. The molecule has 0 saturated heterocycles. The van der Waals surface area contributed by atoms with Crippen molar-refractivity contribution in [3.63, 3.8) is 0 Å². The van der Waals surface area contributed by atoms with Crippen LogP contribution in [0.25, 0.3) is 0 Å². The van der Waals surface area contributed by atoms with Crippen LogP contribution in [0.1, 0.15) is 13.8 Å². The van der Waals surface area contributed by atoms with Gasteiger partial charge in [0.25, 0.3) is 0 Å². The van der Waals surface area contributed by atoms with Crippen LogP contribution in [0.15, 0.2) is 0 Å². The fourth-order valence-corrected chi connectivity index (χ4v) is 0.286. The standard InChI is InChI=1S/C4H9BrN2O.ClH/c1-4(2,5)3(8)7-6;/h6H2,1-2H3,(H,7,8);1H. The van der Waals surface area contributed by atoms with Gasteiger partial charge in [-0.05, 0) is 13.8 Å². The van der Waals surface area contributed by atoms with Crippen LogP contribution in [0.4, 0.5) is 0 Å². The number of hydrazine groups is 1. The normalized spacial score (nSPS) is 9.78. The monoisotopic (exact) mass is 216 g/mol. The summed E-state index contributed by atoms with van der Waals surface area (Å²) in [6.45, 7) is 3.43. The van der Waals surface area contributed by atoms with Gasteiger partial charge in [-0.3, -0.25) is 10.2 Å². The van der Waals surface area contributed by atoms with E-state index in [1.807, 2.05) is 5.43 Å². The lowest BCUT2D eigenvalue weighted by Gasteiger charge is -2.11. The second-order valence-electron chi connectivity index (χ2n) is 1.95. The minimum Gasteiger partial charge on any atom is -0.293 e. The minimum atomic E-state index is -0.554. The number of nitrogens with one attached hydrogen (secondary N) is 1. The maximum Gasteiger partial charge on any atom is 0.250 e. The number of hydrogen-bond donors (Lipinski definition) is 2. The molecule has 0 radical (unpaired) electrons. The Morgan fingerprint density at radius 1 is 1.67 bits per heavy atom. The molecule has 0 aromatic carbocycles. The summed E-state index contributed by atoms with van der Waals surface area (Å²) in [5, 5.41) is 0. The highest BCUT2D eigenvalue weighted by Crippen LogP contribution is 2.14. The maximum atomic E-state index is 10.6. The largest absolute Gasteiger partial charge is 0.293 e. The molecule has 0 heterocycles. The van der Waals surface area contributed by atoms with Crippen LogP contribution in [0.3, 0.4) is 0 Å². The van der Waals surface area contributed by atoms with Crippen molar-refractivity contribution >= 4 is 34.2 Å². The number of halogens is 2. The van der Waals surface area contributed by atoms with Crippen LogP contribution < -0.4 is 11.3 Å². The van der Waals surface area contributed by atoms with Gasteiger partial charge in [0, 0.05) is 0 Å². The molecule has 0 aromatic heterocycles. The van der Waals surface area contributed by atoms with E-state index in [0.29, 0.717) is 0 Å². The van der Waals surface area contributed by atoms with Gasteiger partial charge in [-0.1, -0.05) is 15.9 Å². The van der Waals surface area contributed by atoms with Gasteiger partial charge in [0.05, 0.1) is 4.32 Å². The Bertz CT molecular complexity index is 101. The Morgan fingerprint density at radius 2 is 2.00 bits per heavy atom. The minimum absolute atomic E-state index is 0. The first kappa shape index (κ1) is 11.9. The Labute approximate surface area is 68.9 Å². The molecule has 1 amide bonds. The molecule has 0 rings (SSSR count). The van der Waals surface area contributed by atoms with Crippen molar-refractivity contribution < 1.29 is 4.79 Å². The zero-order valence-corrected chi connectivity index (χ0v) is 7.67. The molecule has 0 bridgehead atoms. The average molecular weight is 217 g/mol. The third-order valence-electron chi connectivity index (χ3n) is 0.671. The smallest absolute Gasteiger partial charge is 0.250 e. The molecule has 0 atom stereocenters. The van der Waals surface area contributed by atoms with Crippen LogP contribution in [0.5, 0.6) is 0 Å². The fraction of sp³-hybridized carbons (Fsp3) is 0.750. The second-order valence-corrected chi connectivity index (χ2v) is 3.93. The number of nitrogens with two attached hydrogens (primary N) is 1. The van der Waals surface area contributed by atoms with Crippen LogP contribution >= 0.6 is 28.3 Å². The van der Waals surface area contributed by atoms with E-state index < -0.39 is 4.32 Å². The lowest BCUT2D eigenvalue weighted by Crippen LogP contribution is -2.41. The molecule has 0 saturated carbocycles. The molecule has 0 aliphatic rings. The van der Waals surface area contributed by atoms with E-state index in [-0.39, 0.29) is 18.3 Å². The lowest BCUT2D eigenvalue weighted by atomic mass is 10.2. The molecular weight excluding hydrogens is 207 g/mol. The molecule has 3 N–H and O–H groups in total. The number of carbonyl (C=O) groups excluding carboxylic acids is 1. The van der Waals surface area contributed by atoms with Crippen molar-refractivity contribution in [2.75, 3.05) is 0 Å². The summed E-state index contributed by atoms with van der Waals surface area (Å²) >= 11 is 3.11. The molecule has 0 unspecified atom stereocenters. The van der Waals surface area contributed by atoms with Crippen LogP contribution in [0, 0.1) is 0 Å².